The lowest BCUT2D eigenvalue weighted by Crippen LogP contribution is -2.11. The van der Waals surface area contributed by atoms with Gasteiger partial charge in [0.1, 0.15) is 0 Å². The third kappa shape index (κ3) is 2.23. The molecule has 3 aromatic rings. The highest BCUT2D eigenvalue weighted by Gasteiger charge is 2.24. The first-order chi connectivity index (χ1) is 10.4. The van der Waals surface area contributed by atoms with Gasteiger partial charge in [0.2, 0.25) is 0 Å². The van der Waals surface area contributed by atoms with Crippen molar-refractivity contribution >= 4 is 0 Å². The molecule has 21 heavy (non-hydrogen) atoms. The predicted molar refractivity (Wildman–Crippen MR) is 87.3 cm³/mol. The molecular formula is C21H17+. The molecule has 0 heteroatoms. The third-order valence-corrected chi connectivity index (χ3v) is 4.28. The highest BCUT2D eigenvalue weighted by molar-refractivity contribution is 5.59. The van der Waals surface area contributed by atoms with Gasteiger partial charge in [-0.2, -0.15) is 0 Å². The Kier molecular flexibility index (Phi) is 3.01. The van der Waals surface area contributed by atoms with Gasteiger partial charge in [-0.1, -0.05) is 12.1 Å². The van der Waals surface area contributed by atoms with Crippen LogP contribution in [0.25, 0.3) is 0 Å². The number of hydrogen-bond donors (Lipinski definition) is 0. The van der Waals surface area contributed by atoms with E-state index in [-0.39, 0.29) is 0 Å². The van der Waals surface area contributed by atoms with E-state index in [4.69, 9.17) is 0 Å². The highest BCUT2D eigenvalue weighted by Crippen LogP contribution is 2.34. The molecule has 0 saturated carbocycles. The molecule has 0 fully saturated rings. The topological polar surface area (TPSA) is 0 Å². The van der Waals surface area contributed by atoms with Gasteiger partial charge in [0.05, 0.1) is 22.6 Å². The maximum Gasteiger partial charge on any atom is 0.0632 e. The van der Waals surface area contributed by atoms with E-state index in [1.165, 1.54) is 46.6 Å². The maximum absolute atomic E-state index is 2.37. The molecule has 3 aromatic carbocycles. The molecule has 0 N–H and O–H groups in total. The molecule has 0 saturated heterocycles. The molecule has 0 radical (unpaired) electrons. The van der Waals surface area contributed by atoms with Gasteiger partial charge in [-0.15, -0.1) is 0 Å². The van der Waals surface area contributed by atoms with Crippen LogP contribution in [-0.2, 0) is 12.8 Å². The van der Waals surface area contributed by atoms with E-state index in [2.05, 4.69) is 78.9 Å². The molecule has 0 atom stereocenters. The van der Waals surface area contributed by atoms with Crippen LogP contribution >= 0.6 is 0 Å². The molecule has 0 nitrogen and oxygen atoms in total. The van der Waals surface area contributed by atoms with Crippen LogP contribution in [0.3, 0.4) is 0 Å². The Bertz CT molecular complexity index is 702. The third-order valence-electron chi connectivity index (χ3n) is 4.28. The monoisotopic (exact) mass is 269 g/mol. The summed E-state index contributed by atoms with van der Waals surface area (Å²) < 4.78 is 0. The molecule has 0 heterocycles. The second-order valence-electron chi connectivity index (χ2n) is 5.59. The summed E-state index contributed by atoms with van der Waals surface area (Å²) in [7, 11) is 0. The van der Waals surface area contributed by atoms with Crippen molar-refractivity contribution in [2.45, 2.75) is 12.8 Å². The van der Waals surface area contributed by atoms with Crippen LogP contribution in [0, 0.1) is 5.92 Å². The Hall–Kier alpha value is -2.47. The minimum Gasteiger partial charge on any atom is -0.0511 e. The van der Waals surface area contributed by atoms with Crippen molar-refractivity contribution in [3.63, 3.8) is 0 Å². The zero-order valence-electron chi connectivity index (χ0n) is 11.9. The largest absolute Gasteiger partial charge is 0.0632 e. The zero-order valence-corrected chi connectivity index (χ0v) is 11.9. The summed E-state index contributed by atoms with van der Waals surface area (Å²) in [5.41, 5.74) is 6.91. The van der Waals surface area contributed by atoms with Crippen LogP contribution in [0.4, 0.5) is 0 Å². The van der Waals surface area contributed by atoms with E-state index in [0.717, 1.165) is 0 Å². The lowest BCUT2D eigenvalue weighted by Gasteiger charge is -2.20. The normalized spacial score (nSPS) is 12.4. The van der Waals surface area contributed by atoms with Gasteiger partial charge < -0.3 is 0 Å². The van der Waals surface area contributed by atoms with Crippen molar-refractivity contribution in [1.29, 1.82) is 0 Å². The molecule has 100 valence electrons. The van der Waals surface area contributed by atoms with Crippen LogP contribution in [0.1, 0.15) is 27.8 Å². The van der Waals surface area contributed by atoms with E-state index in [1.807, 2.05) is 0 Å². The van der Waals surface area contributed by atoms with E-state index in [1.54, 1.807) is 0 Å². The predicted octanol–water partition coefficient (Wildman–Crippen LogP) is 4.80. The molecule has 0 unspecified atom stereocenters. The number of fused-ring (bicyclic) bond motifs is 1. The van der Waals surface area contributed by atoms with Crippen LogP contribution < -0.4 is 0 Å². The SMILES string of the molecule is c1ccc([C+](c2ccccc2)c2ccc3c(c2)CC3)cc1. The van der Waals surface area contributed by atoms with Crippen molar-refractivity contribution < 1.29 is 0 Å². The van der Waals surface area contributed by atoms with Gasteiger partial charge in [0.15, 0.2) is 0 Å². The Labute approximate surface area is 126 Å². The Balaban J connectivity index is 1.85. The van der Waals surface area contributed by atoms with E-state index >= 15 is 0 Å². The Morgan fingerprint density at radius 3 is 1.57 bits per heavy atom. The van der Waals surface area contributed by atoms with Crippen molar-refractivity contribution in [3.8, 4) is 0 Å². The first-order valence-electron chi connectivity index (χ1n) is 7.52. The van der Waals surface area contributed by atoms with Crippen molar-refractivity contribution in [2.24, 2.45) is 0 Å². The fraction of sp³-hybridized carbons (Fsp3) is 0.0952. The van der Waals surface area contributed by atoms with Gasteiger partial charge in [0, 0.05) is 0 Å². The fourth-order valence-electron chi connectivity index (χ4n) is 3.06. The molecule has 4 rings (SSSR count). The molecular weight excluding hydrogens is 252 g/mol. The highest BCUT2D eigenvalue weighted by atomic mass is 14.2. The first-order valence-corrected chi connectivity index (χ1v) is 7.52. The first kappa shape index (κ1) is 12.3. The summed E-state index contributed by atoms with van der Waals surface area (Å²) in [6.45, 7) is 0. The second kappa shape index (κ2) is 5.14. The van der Waals surface area contributed by atoms with Gasteiger partial charge in [-0.25, -0.2) is 0 Å². The van der Waals surface area contributed by atoms with Gasteiger partial charge in [-0.3, -0.25) is 0 Å². The second-order valence-corrected chi connectivity index (χ2v) is 5.59. The standard InChI is InChI=1S/C21H17/c1-3-7-17(8-4-1)21(18-9-5-2-6-10-18)20-14-12-16-11-13-19(16)15-20/h1-10,12,14-15H,11,13H2/q+1. The minimum absolute atomic E-state index is 1.22. The lowest BCUT2D eigenvalue weighted by atomic mass is 9.80. The summed E-state index contributed by atoms with van der Waals surface area (Å²) in [6, 6.07) is 28.3. The van der Waals surface area contributed by atoms with E-state index in [0.29, 0.717) is 0 Å². The fourth-order valence-corrected chi connectivity index (χ4v) is 3.06. The smallest absolute Gasteiger partial charge is 0.0511 e. The molecule has 0 amide bonds. The number of hydrogen-bond acceptors (Lipinski definition) is 0. The lowest BCUT2D eigenvalue weighted by molar-refractivity contribution is 0.836. The summed E-state index contributed by atoms with van der Waals surface area (Å²) >= 11 is 0. The van der Waals surface area contributed by atoms with Crippen molar-refractivity contribution in [1.82, 2.24) is 0 Å². The van der Waals surface area contributed by atoms with E-state index in [9.17, 15) is 0 Å². The zero-order chi connectivity index (χ0) is 14.1. The summed E-state index contributed by atoms with van der Waals surface area (Å²) in [5, 5.41) is 0. The van der Waals surface area contributed by atoms with Crippen LogP contribution in [-0.4, -0.2) is 0 Å². The van der Waals surface area contributed by atoms with Crippen molar-refractivity contribution in [3.05, 3.63) is 113 Å². The van der Waals surface area contributed by atoms with Crippen molar-refractivity contribution in [2.75, 3.05) is 0 Å². The van der Waals surface area contributed by atoms with Crippen LogP contribution in [0.5, 0.6) is 0 Å². The average molecular weight is 269 g/mol. The Morgan fingerprint density at radius 2 is 1.10 bits per heavy atom. The maximum atomic E-state index is 2.37. The molecule has 0 spiro atoms. The summed E-state index contributed by atoms with van der Waals surface area (Å²) in [4.78, 5) is 0. The van der Waals surface area contributed by atoms with E-state index < -0.39 is 0 Å². The van der Waals surface area contributed by atoms with Crippen LogP contribution in [0.2, 0.25) is 0 Å². The van der Waals surface area contributed by atoms with Gasteiger partial charge >= 0.3 is 0 Å². The van der Waals surface area contributed by atoms with Gasteiger partial charge in [-0.05, 0) is 90.7 Å². The summed E-state index contributed by atoms with van der Waals surface area (Å²) in [5.74, 6) is 1.32. The summed E-state index contributed by atoms with van der Waals surface area (Å²) in [6.07, 6.45) is 2.46. The Morgan fingerprint density at radius 1 is 0.524 bits per heavy atom. The molecule has 1 aliphatic carbocycles. The quantitative estimate of drug-likeness (QED) is 0.473. The average Bonchev–Trinajstić information content (AvgIpc) is 2.52. The number of benzene rings is 3. The molecule has 0 bridgehead atoms. The van der Waals surface area contributed by atoms with Crippen LogP contribution in [0.15, 0.2) is 78.9 Å². The molecule has 1 aliphatic rings. The molecule has 0 aliphatic heterocycles. The minimum atomic E-state index is 1.22. The molecule has 0 aromatic heterocycles. The number of aryl methyl sites for hydroxylation is 2. The number of rotatable bonds is 3. The van der Waals surface area contributed by atoms with Gasteiger partial charge in [0.25, 0.3) is 0 Å².